The molecule has 0 unspecified atom stereocenters. The molecule has 0 saturated carbocycles. The van der Waals surface area contributed by atoms with Gasteiger partial charge in [-0.05, 0) is 45.1 Å². The average Bonchev–Trinajstić information content (AvgIpc) is 3.21. The molecule has 1 aromatic heterocycles. The van der Waals surface area contributed by atoms with Crippen LogP contribution in [0.25, 0.3) is 0 Å². The van der Waals surface area contributed by atoms with Crippen LogP contribution in [0.1, 0.15) is 37.4 Å². The monoisotopic (exact) mass is 556 g/mol. The second kappa shape index (κ2) is 13.4. The molecule has 1 aliphatic heterocycles. The second-order valence-corrected chi connectivity index (χ2v) is 7.86. The van der Waals surface area contributed by atoms with E-state index in [1.807, 2.05) is 12.3 Å². The van der Waals surface area contributed by atoms with E-state index in [9.17, 15) is 0 Å². The molecular weight excluding hydrogens is 519 g/mol. The number of nitrogens with zero attached hydrogens (tertiary/aromatic N) is 3. The maximum atomic E-state index is 5.42. The topological polar surface area (TPSA) is 86.8 Å². The zero-order valence-corrected chi connectivity index (χ0v) is 21.9. The number of anilines is 1. The molecule has 1 aliphatic rings. The molecule has 3 rings (SSSR count). The molecule has 32 heavy (non-hydrogen) atoms. The van der Waals surface area contributed by atoms with Gasteiger partial charge in [-0.15, -0.1) is 24.0 Å². The molecule has 0 aliphatic carbocycles. The van der Waals surface area contributed by atoms with Gasteiger partial charge < -0.3 is 25.0 Å². The predicted molar refractivity (Wildman–Crippen MR) is 141 cm³/mol. The van der Waals surface area contributed by atoms with Crippen LogP contribution in [0.2, 0.25) is 0 Å². The number of halogens is 1. The van der Waals surface area contributed by atoms with Crippen molar-refractivity contribution in [3.63, 3.8) is 0 Å². The van der Waals surface area contributed by atoms with Gasteiger partial charge in [0.05, 0.1) is 20.4 Å². The van der Waals surface area contributed by atoms with E-state index in [2.05, 4.69) is 51.7 Å². The Labute approximate surface area is 208 Å². The van der Waals surface area contributed by atoms with Crippen LogP contribution in [-0.2, 0) is 6.42 Å². The summed E-state index contributed by atoms with van der Waals surface area (Å²) in [7, 11) is 3.37. The first kappa shape index (κ1) is 26.1. The molecule has 0 bridgehead atoms. The molecule has 3 N–H and O–H groups in total. The number of aryl methyl sites for hydroxylation is 2. The third-order valence-electron chi connectivity index (χ3n) is 5.69. The number of aromatic amines is 1. The van der Waals surface area contributed by atoms with Crippen molar-refractivity contribution in [1.82, 2.24) is 20.8 Å². The number of aliphatic imine (C=N–C) groups is 1. The Morgan fingerprint density at radius 1 is 1.19 bits per heavy atom. The Morgan fingerprint density at radius 3 is 2.44 bits per heavy atom. The van der Waals surface area contributed by atoms with Crippen LogP contribution in [0.5, 0.6) is 11.5 Å². The van der Waals surface area contributed by atoms with Gasteiger partial charge in [-0.25, -0.2) is 0 Å². The fourth-order valence-corrected chi connectivity index (χ4v) is 3.86. The highest BCUT2D eigenvalue weighted by Gasteiger charge is 2.21. The van der Waals surface area contributed by atoms with Crippen LogP contribution in [0, 0.1) is 6.92 Å². The van der Waals surface area contributed by atoms with Gasteiger partial charge >= 0.3 is 0 Å². The zero-order valence-electron chi connectivity index (χ0n) is 19.6. The van der Waals surface area contributed by atoms with Crippen molar-refractivity contribution in [3.05, 3.63) is 35.7 Å². The largest absolute Gasteiger partial charge is 0.497 e. The van der Waals surface area contributed by atoms with Crippen molar-refractivity contribution in [1.29, 1.82) is 0 Å². The van der Waals surface area contributed by atoms with Crippen LogP contribution in [0.3, 0.4) is 0 Å². The van der Waals surface area contributed by atoms with E-state index < -0.39 is 0 Å². The van der Waals surface area contributed by atoms with E-state index in [1.165, 1.54) is 5.56 Å². The van der Waals surface area contributed by atoms with Crippen molar-refractivity contribution in [2.45, 2.75) is 45.6 Å². The number of ether oxygens (including phenoxy) is 2. The molecule has 9 heteroatoms. The van der Waals surface area contributed by atoms with Gasteiger partial charge in [0.15, 0.2) is 5.96 Å². The molecule has 8 nitrogen and oxygen atoms in total. The fraction of sp³-hybridized carbons (Fsp3) is 0.565. The molecule has 2 aromatic rings. The summed E-state index contributed by atoms with van der Waals surface area (Å²) in [4.78, 5) is 7.17. The average molecular weight is 556 g/mol. The van der Waals surface area contributed by atoms with E-state index in [0.717, 1.165) is 80.7 Å². The minimum Gasteiger partial charge on any atom is -0.497 e. The summed E-state index contributed by atoms with van der Waals surface area (Å²) >= 11 is 0. The van der Waals surface area contributed by atoms with E-state index in [1.54, 1.807) is 14.2 Å². The number of piperidine rings is 1. The summed E-state index contributed by atoms with van der Waals surface area (Å²) in [6.07, 6.45) is 6.02. The van der Waals surface area contributed by atoms with Gasteiger partial charge in [0, 0.05) is 61.8 Å². The molecule has 0 spiro atoms. The molecule has 0 atom stereocenters. The van der Waals surface area contributed by atoms with Crippen molar-refractivity contribution in [2.24, 2.45) is 4.99 Å². The summed E-state index contributed by atoms with van der Waals surface area (Å²) in [5.74, 6) is 2.55. The molecular formula is C23H37IN6O2. The van der Waals surface area contributed by atoms with E-state index in [0.29, 0.717) is 6.04 Å². The lowest BCUT2D eigenvalue weighted by atomic mass is 10.0. The Balaban J connectivity index is 0.00000363. The predicted octanol–water partition coefficient (Wildman–Crippen LogP) is 3.51. The quantitative estimate of drug-likeness (QED) is 0.190. The number of guanidine groups is 1. The van der Waals surface area contributed by atoms with Gasteiger partial charge in [0.2, 0.25) is 0 Å². The molecule has 1 saturated heterocycles. The lowest BCUT2D eigenvalue weighted by Crippen LogP contribution is -2.48. The summed E-state index contributed by atoms with van der Waals surface area (Å²) in [5.41, 5.74) is 3.56. The lowest BCUT2D eigenvalue weighted by Gasteiger charge is -2.34. The maximum absolute atomic E-state index is 5.42. The molecule has 2 heterocycles. The third kappa shape index (κ3) is 7.46. The molecule has 1 fully saturated rings. The number of H-pyrrole nitrogens is 1. The number of rotatable bonds is 9. The molecule has 1 aromatic carbocycles. The summed E-state index contributed by atoms with van der Waals surface area (Å²) in [5, 5.41) is 14.1. The van der Waals surface area contributed by atoms with Crippen LogP contribution < -0.4 is 25.0 Å². The Kier molecular flexibility index (Phi) is 10.9. The minimum absolute atomic E-state index is 0. The SMILES string of the molecule is CCNC(=NCCCc1cn[nH]c1C)NC1CCN(c2cc(OC)cc(OC)c2)CC1.I. The molecule has 0 amide bonds. The van der Waals surface area contributed by atoms with Crippen LogP contribution in [-0.4, -0.2) is 62.6 Å². The van der Waals surface area contributed by atoms with Gasteiger partial charge in [0.1, 0.15) is 11.5 Å². The standard InChI is InChI=1S/C23H36N6O2.HI/c1-5-24-23(25-10-6-7-18-16-26-28-17(18)2)27-19-8-11-29(12-9-19)20-13-21(30-3)15-22(14-20)31-4;/h13-16,19H,5-12H2,1-4H3,(H,26,28)(H2,24,25,27);1H. The summed E-state index contributed by atoms with van der Waals surface area (Å²) in [6, 6.07) is 6.47. The number of hydrogen-bond donors (Lipinski definition) is 3. The molecule has 0 radical (unpaired) electrons. The highest BCUT2D eigenvalue weighted by atomic mass is 127. The van der Waals surface area contributed by atoms with Gasteiger partial charge in [-0.1, -0.05) is 0 Å². The van der Waals surface area contributed by atoms with Crippen molar-refractivity contribution in [3.8, 4) is 11.5 Å². The van der Waals surface area contributed by atoms with Crippen molar-refractivity contribution >= 4 is 35.6 Å². The summed E-state index contributed by atoms with van der Waals surface area (Å²) in [6.45, 7) is 7.77. The van der Waals surface area contributed by atoms with E-state index >= 15 is 0 Å². The Bertz CT molecular complexity index is 827. The molecule has 178 valence electrons. The third-order valence-corrected chi connectivity index (χ3v) is 5.69. The first-order chi connectivity index (χ1) is 15.1. The number of hydrogen-bond acceptors (Lipinski definition) is 5. The Hall–Kier alpha value is -2.17. The zero-order chi connectivity index (χ0) is 22.1. The van der Waals surface area contributed by atoms with Crippen LogP contribution in [0.15, 0.2) is 29.4 Å². The fourth-order valence-electron chi connectivity index (χ4n) is 3.86. The maximum Gasteiger partial charge on any atom is 0.191 e. The van der Waals surface area contributed by atoms with E-state index in [-0.39, 0.29) is 24.0 Å². The smallest absolute Gasteiger partial charge is 0.191 e. The first-order valence-electron chi connectivity index (χ1n) is 11.1. The summed E-state index contributed by atoms with van der Waals surface area (Å²) < 4.78 is 10.8. The lowest BCUT2D eigenvalue weighted by molar-refractivity contribution is 0.393. The number of nitrogens with one attached hydrogen (secondary N) is 3. The van der Waals surface area contributed by atoms with Crippen molar-refractivity contribution < 1.29 is 9.47 Å². The highest BCUT2D eigenvalue weighted by Crippen LogP contribution is 2.30. The highest BCUT2D eigenvalue weighted by molar-refractivity contribution is 14.0. The van der Waals surface area contributed by atoms with Crippen LogP contribution >= 0.6 is 24.0 Å². The Morgan fingerprint density at radius 2 is 1.88 bits per heavy atom. The number of aromatic nitrogens is 2. The van der Waals surface area contributed by atoms with Gasteiger partial charge in [-0.3, -0.25) is 10.1 Å². The van der Waals surface area contributed by atoms with Crippen molar-refractivity contribution in [2.75, 3.05) is 45.3 Å². The van der Waals surface area contributed by atoms with Crippen LogP contribution in [0.4, 0.5) is 5.69 Å². The van der Waals surface area contributed by atoms with E-state index in [4.69, 9.17) is 14.5 Å². The second-order valence-electron chi connectivity index (χ2n) is 7.86. The normalized spacial score (nSPS) is 14.6. The number of methoxy groups -OCH3 is 2. The van der Waals surface area contributed by atoms with Gasteiger partial charge in [0.25, 0.3) is 0 Å². The van der Waals surface area contributed by atoms with Gasteiger partial charge in [-0.2, -0.15) is 5.10 Å². The number of benzene rings is 1. The first-order valence-corrected chi connectivity index (χ1v) is 11.1. The minimum atomic E-state index is 0.